The van der Waals surface area contributed by atoms with Gasteiger partial charge in [0.2, 0.25) is 0 Å². The Morgan fingerprint density at radius 2 is 1.94 bits per heavy atom. The number of anilines is 1. The van der Waals surface area contributed by atoms with Crippen LogP contribution in [0.25, 0.3) is 11.1 Å². The lowest BCUT2D eigenvalue weighted by Gasteiger charge is -2.54. The van der Waals surface area contributed by atoms with Gasteiger partial charge in [0.1, 0.15) is 11.6 Å². The molecule has 3 aromatic rings. The van der Waals surface area contributed by atoms with Gasteiger partial charge in [-0.05, 0) is 60.9 Å². The summed E-state index contributed by atoms with van der Waals surface area (Å²) >= 11 is 0. The highest BCUT2D eigenvalue weighted by Crippen LogP contribution is 2.51. The molecule has 2 aromatic heterocycles. The summed E-state index contributed by atoms with van der Waals surface area (Å²) in [4.78, 5) is 31.3. The largest absolute Gasteiger partial charge is 0.465 e. The van der Waals surface area contributed by atoms with Crippen LogP contribution in [-0.2, 0) is 6.54 Å². The fourth-order valence-corrected chi connectivity index (χ4v) is 5.22. The average molecular weight is 480 g/mol. The van der Waals surface area contributed by atoms with E-state index in [4.69, 9.17) is 10.3 Å². The van der Waals surface area contributed by atoms with E-state index in [-0.39, 0.29) is 29.5 Å². The Kier molecular flexibility index (Phi) is 5.88. The van der Waals surface area contributed by atoms with Crippen LogP contribution in [0.3, 0.4) is 0 Å². The summed E-state index contributed by atoms with van der Waals surface area (Å²) in [5.74, 6) is 0.196. The molecule has 3 N–H and O–H groups in total. The Labute approximate surface area is 201 Å². The van der Waals surface area contributed by atoms with Crippen LogP contribution in [0.5, 0.6) is 0 Å². The number of hydrogen-bond acceptors (Lipinski definition) is 6. The lowest BCUT2D eigenvalue weighted by Crippen LogP contribution is -2.56. The predicted molar refractivity (Wildman–Crippen MR) is 125 cm³/mol. The Bertz CT molecular complexity index is 1230. The summed E-state index contributed by atoms with van der Waals surface area (Å²) in [5, 5.41) is 13.3. The van der Waals surface area contributed by atoms with E-state index in [2.05, 4.69) is 15.0 Å². The number of aromatic nitrogens is 2. The van der Waals surface area contributed by atoms with E-state index in [1.807, 2.05) is 18.2 Å². The van der Waals surface area contributed by atoms with Gasteiger partial charge in [0.05, 0.1) is 6.54 Å². The van der Waals surface area contributed by atoms with E-state index in [9.17, 15) is 19.1 Å². The predicted octanol–water partition coefficient (Wildman–Crippen LogP) is 3.90. The minimum Gasteiger partial charge on any atom is -0.465 e. The van der Waals surface area contributed by atoms with Gasteiger partial charge in [0.15, 0.2) is 11.5 Å². The number of rotatable bonds is 6. The Balaban J connectivity index is 1.17. The quantitative estimate of drug-likeness (QED) is 0.549. The number of halogens is 1. The molecule has 1 aliphatic carbocycles. The fourth-order valence-electron chi connectivity index (χ4n) is 5.22. The molecule has 1 saturated heterocycles. The highest BCUT2D eigenvalue weighted by molar-refractivity contribution is 5.90. The van der Waals surface area contributed by atoms with Crippen molar-refractivity contribution >= 4 is 17.8 Å². The van der Waals surface area contributed by atoms with Gasteiger partial charge in [-0.15, -0.1) is 0 Å². The molecule has 1 spiro atoms. The van der Waals surface area contributed by atoms with E-state index < -0.39 is 12.0 Å². The van der Waals surface area contributed by atoms with Crippen molar-refractivity contribution in [2.24, 2.45) is 11.1 Å². The van der Waals surface area contributed by atoms with Crippen LogP contribution in [0.4, 0.5) is 15.0 Å². The van der Waals surface area contributed by atoms with E-state index in [0.717, 1.165) is 55.7 Å². The van der Waals surface area contributed by atoms with E-state index in [1.165, 1.54) is 23.1 Å². The number of nitrogens with zero attached hydrogens (tertiary/aromatic N) is 4. The minimum atomic E-state index is -1.03. The van der Waals surface area contributed by atoms with Gasteiger partial charge in [-0.25, -0.2) is 14.2 Å². The fraction of sp³-hybridized carbons (Fsp3) is 0.360. The molecule has 1 saturated carbocycles. The molecule has 2 amide bonds. The average Bonchev–Trinajstić information content (AvgIpc) is 3.30. The molecule has 5 rings (SSSR count). The zero-order valence-electron chi connectivity index (χ0n) is 19.1. The van der Waals surface area contributed by atoms with Crippen molar-refractivity contribution in [3.05, 3.63) is 65.9 Å². The third-order valence-corrected chi connectivity index (χ3v) is 7.22. The highest BCUT2D eigenvalue weighted by Gasteiger charge is 2.49. The van der Waals surface area contributed by atoms with Crippen molar-refractivity contribution in [2.75, 3.05) is 18.0 Å². The van der Waals surface area contributed by atoms with Gasteiger partial charge in [0.25, 0.3) is 5.91 Å². The van der Waals surface area contributed by atoms with Gasteiger partial charge in [0, 0.05) is 37.0 Å². The SMILES string of the molecule is NC(=O)c1cc(CN(C(=O)O)C2CC3(CCN(c4ccc(-c5cccc(F)c5)cn4)CC3)C2)on1. The zero-order valence-corrected chi connectivity index (χ0v) is 19.1. The van der Waals surface area contributed by atoms with Gasteiger partial charge in [-0.2, -0.15) is 0 Å². The van der Waals surface area contributed by atoms with Gasteiger partial charge < -0.3 is 20.3 Å². The van der Waals surface area contributed by atoms with Crippen molar-refractivity contribution in [3.8, 4) is 11.1 Å². The smallest absolute Gasteiger partial charge is 0.407 e. The molecule has 35 heavy (non-hydrogen) atoms. The van der Waals surface area contributed by atoms with Gasteiger partial charge in [-0.1, -0.05) is 17.3 Å². The number of carbonyl (C=O) groups is 2. The monoisotopic (exact) mass is 479 g/mol. The van der Waals surface area contributed by atoms with Crippen molar-refractivity contribution in [2.45, 2.75) is 38.3 Å². The van der Waals surface area contributed by atoms with Crippen molar-refractivity contribution in [1.29, 1.82) is 0 Å². The molecule has 0 unspecified atom stereocenters. The van der Waals surface area contributed by atoms with E-state index in [1.54, 1.807) is 12.3 Å². The number of carbonyl (C=O) groups excluding carboxylic acids is 1. The number of amides is 2. The lowest BCUT2D eigenvalue weighted by molar-refractivity contribution is -0.0149. The topological polar surface area (TPSA) is 126 Å². The normalized spacial score (nSPS) is 17.2. The molecular formula is C25H26FN5O4. The maximum absolute atomic E-state index is 13.5. The lowest BCUT2D eigenvalue weighted by atomic mass is 9.60. The van der Waals surface area contributed by atoms with Crippen LogP contribution in [0.2, 0.25) is 0 Å². The molecule has 3 heterocycles. The van der Waals surface area contributed by atoms with E-state index in [0.29, 0.717) is 5.76 Å². The minimum absolute atomic E-state index is 0.0136. The van der Waals surface area contributed by atoms with Gasteiger partial charge in [-0.3, -0.25) is 9.69 Å². The summed E-state index contributed by atoms with van der Waals surface area (Å²) < 4.78 is 18.6. The van der Waals surface area contributed by atoms with Crippen LogP contribution in [0.15, 0.2) is 53.2 Å². The molecule has 1 aromatic carbocycles. The summed E-state index contributed by atoms with van der Waals surface area (Å²) in [6.07, 6.45) is 4.23. The molecule has 2 fully saturated rings. The number of pyridine rings is 1. The number of hydrogen-bond donors (Lipinski definition) is 2. The second-order valence-electron chi connectivity index (χ2n) is 9.42. The third-order valence-electron chi connectivity index (χ3n) is 7.22. The first-order valence-electron chi connectivity index (χ1n) is 11.5. The van der Waals surface area contributed by atoms with Crippen LogP contribution in [0, 0.1) is 11.2 Å². The second kappa shape index (κ2) is 9.01. The Hall–Kier alpha value is -3.95. The first-order chi connectivity index (χ1) is 16.8. The van der Waals surface area contributed by atoms with E-state index >= 15 is 0 Å². The Morgan fingerprint density at radius 3 is 2.54 bits per heavy atom. The second-order valence-corrected chi connectivity index (χ2v) is 9.42. The van der Waals surface area contributed by atoms with Crippen LogP contribution < -0.4 is 10.6 Å². The number of piperidine rings is 1. The summed E-state index contributed by atoms with van der Waals surface area (Å²) in [7, 11) is 0. The number of nitrogens with two attached hydrogens (primary N) is 1. The molecule has 2 aliphatic rings. The number of carboxylic acid groups (broad SMARTS) is 1. The molecular weight excluding hydrogens is 453 g/mol. The van der Waals surface area contributed by atoms with Crippen LogP contribution in [-0.4, -0.2) is 51.3 Å². The standard InChI is InChI=1S/C25H26FN5O4/c26-18-3-1-2-16(10-18)17-4-5-22(28-14-17)30-8-6-25(7-9-30)12-19(13-25)31(24(33)34)15-20-11-21(23(27)32)29-35-20/h1-5,10-11,14,19H,6-9,12-13,15H2,(H2,27,32)(H,33,34). The summed E-state index contributed by atoms with van der Waals surface area (Å²) in [5.41, 5.74) is 6.96. The summed E-state index contributed by atoms with van der Waals surface area (Å²) in [6.45, 7) is 1.72. The van der Waals surface area contributed by atoms with Crippen molar-refractivity contribution in [3.63, 3.8) is 0 Å². The molecule has 0 radical (unpaired) electrons. The maximum Gasteiger partial charge on any atom is 0.407 e. The Morgan fingerprint density at radius 1 is 1.17 bits per heavy atom. The first kappa shape index (κ1) is 22.8. The van der Waals surface area contributed by atoms with Crippen molar-refractivity contribution < 1.29 is 23.6 Å². The molecule has 182 valence electrons. The zero-order chi connectivity index (χ0) is 24.6. The summed E-state index contributed by atoms with van der Waals surface area (Å²) in [6, 6.07) is 11.7. The molecule has 10 heteroatoms. The highest BCUT2D eigenvalue weighted by atomic mass is 19.1. The van der Waals surface area contributed by atoms with Crippen LogP contribution in [0.1, 0.15) is 41.9 Å². The number of primary amides is 1. The van der Waals surface area contributed by atoms with Crippen molar-refractivity contribution in [1.82, 2.24) is 15.0 Å². The van der Waals surface area contributed by atoms with Crippen LogP contribution >= 0.6 is 0 Å². The molecule has 1 aliphatic heterocycles. The molecule has 0 atom stereocenters. The number of benzene rings is 1. The molecule has 9 nitrogen and oxygen atoms in total. The molecule has 0 bridgehead atoms. The maximum atomic E-state index is 13.5. The first-order valence-corrected chi connectivity index (χ1v) is 11.5. The van der Waals surface area contributed by atoms with Gasteiger partial charge >= 0.3 is 6.09 Å². The third kappa shape index (κ3) is 4.68.